The zero-order valence-corrected chi connectivity index (χ0v) is 21.0. The summed E-state index contributed by atoms with van der Waals surface area (Å²) in [5, 5.41) is 3.75. The van der Waals surface area contributed by atoms with Gasteiger partial charge in [-0.2, -0.15) is 0 Å². The Morgan fingerprint density at radius 2 is 1.65 bits per heavy atom. The highest BCUT2D eigenvalue weighted by Gasteiger charge is 2.67. The van der Waals surface area contributed by atoms with E-state index in [2.05, 4.69) is 5.32 Å². The molecule has 0 bridgehead atoms. The zero-order chi connectivity index (χ0) is 24.8. The summed E-state index contributed by atoms with van der Waals surface area (Å²) in [6, 6.07) is 13.5. The molecule has 1 aliphatic rings. The van der Waals surface area contributed by atoms with Crippen LogP contribution in [0.3, 0.4) is 0 Å². The van der Waals surface area contributed by atoms with E-state index in [-0.39, 0.29) is 28.5 Å². The molecule has 0 aromatic heterocycles. The smallest absolute Gasteiger partial charge is 0.231 e. The first-order valence-corrected chi connectivity index (χ1v) is 11.9. The molecule has 0 saturated heterocycles. The molecule has 34 heavy (non-hydrogen) atoms. The van der Waals surface area contributed by atoms with Gasteiger partial charge in [0.05, 0.1) is 16.6 Å². The second-order valence-corrected chi connectivity index (χ2v) is 10.7. The minimum absolute atomic E-state index is 0.0473. The number of carbonyl (C=O) groups excluding carboxylic acids is 2. The highest BCUT2D eigenvalue weighted by Crippen LogP contribution is 2.65. The molecule has 2 unspecified atom stereocenters. The first-order chi connectivity index (χ1) is 16.0. The maximum Gasteiger partial charge on any atom is 0.231 e. The normalized spacial score (nSPS) is 18.4. The lowest BCUT2D eigenvalue weighted by Gasteiger charge is -2.10. The number of hydrogen-bond donors (Lipinski definition) is 2. The molecular weight excluding hydrogens is 545 g/mol. The van der Waals surface area contributed by atoms with Crippen LogP contribution in [-0.2, 0) is 11.2 Å². The fourth-order valence-electron chi connectivity index (χ4n) is 3.84. The summed E-state index contributed by atoms with van der Waals surface area (Å²) in [5.41, 5.74) is 7.24. The van der Waals surface area contributed by atoms with Crippen molar-refractivity contribution in [2.45, 2.75) is 16.7 Å². The number of halogens is 6. The van der Waals surface area contributed by atoms with Crippen molar-refractivity contribution in [1.82, 2.24) is 0 Å². The SMILES string of the molecule is Nc1cc(CC(=O)c2cc(NC(=O)C3C(c4cc(Cl)cc(Cl)c4)C3(Cl)Cl)ccc2Cl)ccc1F. The number of amides is 1. The van der Waals surface area contributed by atoms with Crippen molar-refractivity contribution in [2.75, 3.05) is 11.1 Å². The Bertz CT molecular complexity index is 1290. The number of Topliss-reactive ketones (excluding diaryl/α,β-unsaturated/α-hetero) is 1. The number of benzene rings is 3. The Kier molecular flexibility index (Phi) is 7.05. The monoisotopic (exact) mass is 558 g/mol. The molecule has 10 heteroatoms. The van der Waals surface area contributed by atoms with Crippen molar-refractivity contribution >= 4 is 81.1 Å². The van der Waals surface area contributed by atoms with Crippen LogP contribution in [0.1, 0.15) is 27.4 Å². The first kappa shape index (κ1) is 25.1. The third-order valence-electron chi connectivity index (χ3n) is 5.54. The fourth-order valence-corrected chi connectivity index (χ4v) is 5.44. The molecule has 0 radical (unpaired) electrons. The van der Waals surface area contributed by atoms with Crippen molar-refractivity contribution in [3.05, 3.63) is 92.2 Å². The van der Waals surface area contributed by atoms with Gasteiger partial charge in [-0.05, 0) is 59.7 Å². The van der Waals surface area contributed by atoms with Gasteiger partial charge in [-0.15, -0.1) is 23.2 Å². The molecule has 1 saturated carbocycles. The van der Waals surface area contributed by atoms with Gasteiger partial charge < -0.3 is 11.1 Å². The van der Waals surface area contributed by atoms with Crippen LogP contribution in [0, 0.1) is 11.7 Å². The Morgan fingerprint density at radius 3 is 2.29 bits per heavy atom. The van der Waals surface area contributed by atoms with Crippen LogP contribution in [0.2, 0.25) is 15.1 Å². The van der Waals surface area contributed by atoms with E-state index >= 15 is 0 Å². The van der Waals surface area contributed by atoms with Gasteiger partial charge in [0.2, 0.25) is 5.91 Å². The van der Waals surface area contributed by atoms with E-state index in [1.54, 1.807) is 24.3 Å². The lowest BCUT2D eigenvalue weighted by molar-refractivity contribution is -0.117. The minimum atomic E-state index is -1.34. The number of carbonyl (C=O) groups is 2. The molecular formula is C24H16Cl5FN2O2. The molecule has 4 rings (SSSR count). The summed E-state index contributed by atoms with van der Waals surface area (Å²) in [7, 11) is 0. The lowest BCUT2D eigenvalue weighted by atomic mass is 10.0. The van der Waals surface area contributed by atoms with Crippen LogP contribution >= 0.6 is 58.0 Å². The Hall–Kier alpha value is -2.02. The van der Waals surface area contributed by atoms with Crippen LogP contribution in [0.5, 0.6) is 0 Å². The van der Waals surface area contributed by atoms with E-state index in [0.717, 1.165) is 0 Å². The van der Waals surface area contributed by atoms with E-state index in [1.807, 2.05) is 0 Å². The second kappa shape index (κ2) is 9.56. The molecule has 0 aliphatic heterocycles. The van der Waals surface area contributed by atoms with Gasteiger partial charge in [0.1, 0.15) is 10.2 Å². The predicted molar refractivity (Wildman–Crippen MR) is 136 cm³/mol. The van der Waals surface area contributed by atoms with Crippen LogP contribution < -0.4 is 11.1 Å². The van der Waals surface area contributed by atoms with Gasteiger partial charge in [0.25, 0.3) is 0 Å². The van der Waals surface area contributed by atoms with E-state index in [9.17, 15) is 14.0 Å². The molecule has 4 nitrogen and oxygen atoms in total. The van der Waals surface area contributed by atoms with Gasteiger partial charge in [-0.3, -0.25) is 9.59 Å². The van der Waals surface area contributed by atoms with Crippen molar-refractivity contribution in [1.29, 1.82) is 0 Å². The highest BCUT2D eigenvalue weighted by molar-refractivity contribution is 6.53. The largest absolute Gasteiger partial charge is 0.396 e. The average molecular weight is 561 g/mol. The quantitative estimate of drug-likeness (QED) is 0.189. The topological polar surface area (TPSA) is 72.2 Å². The maximum atomic E-state index is 13.4. The summed E-state index contributed by atoms with van der Waals surface area (Å²) >= 11 is 31.2. The van der Waals surface area contributed by atoms with Crippen molar-refractivity contribution in [3.63, 3.8) is 0 Å². The average Bonchev–Trinajstić information content (AvgIpc) is 3.33. The summed E-state index contributed by atoms with van der Waals surface area (Å²) in [6.07, 6.45) is -0.0473. The molecule has 1 amide bonds. The number of nitrogens with two attached hydrogens (primary N) is 1. The molecule has 1 fully saturated rings. The van der Waals surface area contributed by atoms with Gasteiger partial charge in [0, 0.05) is 33.6 Å². The Labute approximate surface area is 220 Å². The Morgan fingerprint density at radius 1 is 0.971 bits per heavy atom. The first-order valence-electron chi connectivity index (χ1n) is 9.98. The summed E-state index contributed by atoms with van der Waals surface area (Å²) in [4.78, 5) is 25.8. The standard InChI is InChI=1S/C24H16Cl5FN2O2/c25-13-7-12(8-14(26)9-13)21-22(24(21,28)29)23(34)32-15-2-3-17(27)16(10-15)20(33)6-11-1-4-18(30)19(31)5-11/h1-5,7-10,21-22H,6,31H2,(H,32,34). The molecule has 0 spiro atoms. The molecule has 3 N–H and O–H groups in total. The molecule has 3 aromatic rings. The maximum absolute atomic E-state index is 13.4. The number of rotatable bonds is 6. The molecule has 0 heterocycles. The molecule has 3 aromatic carbocycles. The Balaban J connectivity index is 1.51. The third kappa shape index (κ3) is 5.14. The van der Waals surface area contributed by atoms with E-state index in [1.165, 1.54) is 30.3 Å². The minimum Gasteiger partial charge on any atom is -0.396 e. The van der Waals surface area contributed by atoms with Crippen LogP contribution in [0.15, 0.2) is 54.6 Å². The molecule has 2 atom stereocenters. The summed E-state index contributed by atoms with van der Waals surface area (Å²) in [5.74, 6) is -2.59. The lowest BCUT2D eigenvalue weighted by Crippen LogP contribution is -2.17. The van der Waals surface area contributed by atoms with E-state index < -0.39 is 27.9 Å². The van der Waals surface area contributed by atoms with Crippen LogP contribution in [-0.4, -0.2) is 16.0 Å². The van der Waals surface area contributed by atoms with Crippen LogP contribution in [0.25, 0.3) is 0 Å². The van der Waals surface area contributed by atoms with Gasteiger partial charge in [-0.25, -0.2) is 4.39 Å². The third-order valence-corrected chi connectivity index (χ3v) is 7.25. The predicted octanol–water partition coefficient (Wildman–Crippen LogP) is 7.32. The summed E-state index contributed by atoms with van der Waals surface area (Å²) in [6.45, 7) is 0. The second-order valence-electron chi connectivity index (χ2n) is 7.97. The zero-order valence-electron chi connectivity index (χ0n) is 17.2. The number of nitrogen functional groups attached to an aromatic ring is 1. The van der Waals surface area contributed by atoms with Crippen molar-refractivity contribution in [2.24, 2.45) is 5.92 Å². The number of anilines is 2. The van der Waals surface area contributed by atoms with Gasteiger partial charge in [-0.1, -0.05) is 40.9 Å². The molecule has 176 valence electrons. The van der Waals surface area contributed by atoms with Crippen molar-refractivity contribution in [3.8, 4) is 0 Å². The van der Waals surface area contributed by atoms with Gasteiger partial charge in [0.15, 0.2) is 5.78 Å². The van der Waals surface area contributed by atoms with E-state index in [0.29, 0.717) is 26.9 Å². The highest BCUT2D eigenvalue weighted by atomic mass is 35.5. The van der Waals surface area contributed by atoms with Crippen LogP contribution in [0.4, 0.5) is 15.8 Å². The van der Waals surface area contributed by atoms with Gasteiger partial charge >= 0.3 is 0 Å². The number of ketones is 1. The van der Waals surface area contributed by atoms with Crippen molar-refractivity contribution < 1.29 is 14.0 Å². The summed E-state index contributed by atoms with van der Waals surface area (Å²) < 4.78 is 12.1. The number of hydrogen-bond acceptors (Lipinski definition) is 3. The fraction of sp³-hybridized carbons (Fsp3) is 0.167. The molecule has 1 aliphatic carbocycles. The number of alkyl halides is 2. The number of nitrogens with one attached hydrogen (secondary N) is 1. The van der Waals surface area contributed by atoms with E-state index in [4.69, 9.17) is 63.7 Å².